The lowest BCUT2D eigenvalue weighted by molar-refractivity contribution is -0.118. The number of amides is 1. The lowest BCUT2D eigenvalue weighted by Crippen LogP contribution is -2.26. The summed E-state index contributed by atoms with van der Waals surface area (Å²) < 4.78 is 5.69. The highest BCUT2D eigenvalue weighted by Gasteiger charge is 2.15. The first kappa shape index (κ1) is 21.1. The number of carbonyl (C=O) groups is 1. The maximum Gasteiger partial charge on any atom is 0.277 e. The summed E-state index contributed by atoms with van der Waals surface area (Å²) in [6.45, 7) is 7.19. The summed E-state index contributed by atoms with van der Waals surface area (Å²) in [5.74, 6) is 0.698. The molecule has 0 aliphatic heterocycles. The molecular weight excluding hydrogens is 382 g/mol. The molecule has 0 atom stereocenters. The van der Waals surface area contributed by atoms with Gasteiger partial charge in [-0.1, -0.05) is 75.0 Å². The van der Waals surface area contributed by atoms with Crippen LogP contribution in [-0.2, 0) is 16.6 Å². The first-order valence-electron chi connectivity index (χ1n) is 9.80. The maximum atomic E-state index is 12.0. The topological polar surface area (TPSA) is 68.0 Å². The van der Waals surface area contributed by atoms with Crippen molar-refractivity contribution < 1.29 is 9.21 Å². The van der Waals surface area contributed by atoms with E-state index in [0.717, 1.165) is 18.4 Å². The fourth-order valence-corrected chi connectivity index (χ4v) is 3.43. The maximum absolute atomic E-state index is 12.0. The van der Waals surface area contributed by atoms with Crippen molar-refractivity contribution in [2.45, 2.75) is 44.3 Å². The molecule has 29 heavy (non-hydrogen) atoms. The molecule has 5 nitrogen and oxygen atoms in total. The lowest BCUT2D eigenvalue weighted by Gasteiger charge is -2.18. The normalized spacial score (nSPS) is 11.4. The molecule has 0 aliphatic rings. The number of carbonyl (C=O) groups excluding carboxylic acids is 1. The van der Waals surface area contributed by atoms with E-state index in [1.165, 1.54) is 22.9 Å². The Morgan fingerprint density at radius 3 is 2.45 bits per heavy atom. The van der Waals surface area contributed by atoms with Gasteiger partial charge in [0, 0.05) is 12.1 Å². The van der Waals surface area contributed by atoms with Gasteiger partial charge < -0.3 is 9.73 Å². The van der Waals surface area contributed by atoms with Gasteiger partial charge in [0.05, 0.1) is 5.75 Å². The monoisotopic (exact) mass is 409 g/mol. The second kappa shape index (κ2) is 9.74. The van der Waals surface area contributed by atoms with Crippen molar-refractivity contribution >= 4 is 17.7 Å². The van der Waals surface area contributed by atoms with E-state index >= 15 is 0 Å². The summed E-state index contributed by atoms with van der Waals surface area (Å²) >= 11 is 1.25. The summed E-state index contributed by atoms with van der Waals surface area (Å²) in [5, 5.41) is 11.5. The minimum Gasteiger partial charge on any atom is -0.411 e. The molecule has 0 saturated heterocycles. The van der Waals surface area contributed by atoms with E-state index in [-0.39, 0.29) is 17.1 Å². The van der Waals surface area contributed by atoms with Crippen LogP contribution in [0.5, 0.6) is 0 Å². The fraction of sp³-hybridized carbons (Fsp3) is 0.348. The highest BCUT2D eigenvalue weighted by Crippen LogP contribution is 2.27. The molecule has 0 radical (unpaired) electrons. The molecule has 0 saturated carbocycles. The van der Waals surface area contributed by atoms with Gasteiger partial charge in [-0.15, -0.1) is 10.2 Å². The minimum absolute atomic E-state index is 0.0302. The molecule has 3 aromatic rings. The standard InChI is InChI=1S/C23H27N3O2S/c1-23(2,3)19-13-11-18(12-14-19)21-25-26-22(28-21)29-16-20(27)24-15-7-10-17-8-5-4-6-9-17/h4-6,8-9,11-14H,7,10,15-16H2,1-3H3,(H,24,27). The van der Waals surface area contributed by atoms with Crippen LogP contribution in [0.1, 0.15) is 38.3 Å². The third kappa shape index (κ3) is 6.46. The molecule has 3 rings (SSSR count). The third-order valence-electron chi connectivity index (χ3n) is 4.54. The lowest BCUT2D eigenvalue weighted by atomic mass is 9.87. The zero-order valence-corrected chi connectivity index (χ0v) is 18.0. The molecule has 1 heterocycles. The number of benzene rings is 2. The predicted molar refractivity (Wildman–Crippen MR) is 117 cm³/mol. The molecule has 1 N–H and O–H groups in total. The van der Waals surface area contributed by atoms with E-state index < -0.39 is 0 Å². The van der Waals surface area contributed by atoms with Crippen molar-refractivity contribution in [3.63, 3.8) is 0 Å². The Balaban J connectivity index is 1.42. The quantitative estimate of drug-likeness (QED) is 0.424. The number of aromatic nitrogens is 2. The molecule has 0 unspecified atom stereocenters. The van der Waals surface area contributed by atoms with Gasteiger partial charge in [-0.25, -0.2) is 0 Å². The molecular formula is C23H27N3O2S. The summed E-state index contributed by atoms with van der Waals surface area (Å²) in [6, 6.07) is 18.4. The van der Waals surface area contributed by atoms with Crippen LogP contribution in [0.4, 0.5) is 0 Å². The van der Waals surface area contributed by atoms with E-state index in [1.54, 1.807) is 0 Å². The molecule has 6 heteroatoms. The van der Waals surface area contributed by atoms with Gasteiger partial charge in [-0.05, 0) is 41.5 Å². The Labute approximate surface area is 176 Å². The zero-order chi connectivity index (χ0) is 20.7. The second-order valence-electron chi connectivity index (χ2n) is 7.93. The Morgan fingerprint density at radius 2 is 1.76 bits per heavy atom. The van der Waals surface area contributed by atoms with Gasteiger partial charge in [-0.2, -0.15) is 0 Å². The molecule has 1 aromatic heterocycles. The highest BCUT2D eigenvalue weighted by molar-refractivity contribution is 7.99. The largest absolute Gasteiger partial charge is 0.411 e. The summed E-state index contributed by atoms with van der Waals surface area (Å²) in [5.41, 5.74) is 3.51. The van der Waals surface area contributed by atoms with Gasteiger partial charge in [0.25, 0.3) is 5.22 Å². The van der Waals surface area contributed by atoms with Crippen LogP contribution >= 0.6 is 11.8 Å². The van der Waals surface area contributed by atoms with E-state index in [9.17, 15) is 4.79 Å². The number of aryl methyl sites for hydroxylation is 1. The van der Waals surface area contributed by atoms with Crippen molar-refractivity contribution in [3.05, 3.63) is 65.7 Å². The Bertz CT molecular complexity index is 915. The second-order valence-corrected chi connectivity index (χ2v) is 8.85. The molecule has 1 amide bonds. The van der Waals surface area contributed by atoms with Crippen molar-refractivity contribution in [2.75, 3.05) is 12.3 Å². The van der Waals surface area contributed by atoms with Gasteiger partial charge >= 0.3 is 0 Å². The van der Waals surface area contributed by atoms with Crippen LogP contribution in [0.3, 0.4) is 0 Å². The van der Waals surface area contributed by atoms with Crippen molar-refractivity contribution in [1.82, 2.24) is 15.5 Å². The molecule has 0 spiro atoms. The molecule has 2 aromatic carbocycles. The molecule has 152 valence electrons. The number of nitrogens with zero attached hydrogens (tertiary/aromatic N) is 2. The van der Waals surface area contributed by atoms with Crippen LogP contribution in [0, 0.1) is 0 Å². The average molecular weight is 410 g/mol. The van der Waals surface area contributed by atoms with E-state index in [4.69, 9.17) is 4.42 Å². The first-order chi connectivity index (χ1) is 13.9. The van der Waals surface area contributed by atoms with Crippen LogP contribution in [0.15, 0.2) is 64.2 Å². The molecule has 0 fully saturated rings. The SMILES string of the molecule is CC(C)(C)c1ccc(-c2nnc(SCC(=O)NCCCc3ccccc3)o2)cc1. The number of hydrogen-bond donors (Lipinski definition) is 1. The minimum atomic E-state index is -0.0302. The van der Waals surface area contributed by atoms with Crippen LogP contribution in [0.2, 0.25) is 0 Å². The Morgan fingerprint density at radius 1 is 1.03 bits per heavy atom. The van der Waals surface area contributed by atoms with Gasteiger partial charge in [0.15, 0.2) is 0 Å². The van der Waals surface area contributed by atoms with Crippen molar-refractivity contribution in [2.24, 2.45) is 0 Å². The van der Waals surface area contributed by atoms with Gasteiger partial charge in [-0.3, -0.25) is 4.79 Å². The Kier molecular flexibility index (Phi) is 7.09. The fourth-order valence-electron chi connectivity index (χ4n) is 2.84. The van der Waals surface area contributed by atoms with E-state index in [2.05, 4.69) is 60.6 Å². The number of thioether (sulfide) groups is 1. The number of nitrogens with one attached hydrogen (secondary N) is 1. The van der Waals surface area contributed by atoms with E-state index in [1.807, 2.05) is 30.3 Å². The smallest absolute Gasteiger partial charge is 0.277 e. The number of hydrogen-bond acceptors (Lipinski definition) is 5. The molecule has 0 bridgehead atoms. The average Bonchev–Trinajstić information content (AvgIpc) is 3.19. The first-order valence-corrected chi connectivity index (χ1v) is 10.8. The van der Waals surface area contributed by atoms with Gasteiger partial charge in [0.2, 0.25) is 11.8 Å². The van der Waals surface area contributed by atoms with Crippen molar-refractivity contribution in [1.29, 1.82) is 0 Å². The summed E-state index contributed by atoms with van der Waals surface area (Å²) in [7, 11) is 0. The van der Waals surface area contributed by atoms with Crippen LogP contribution in [-0.4, -0.2) is 28.4 Å². The van der Waals surface area contributed by atoms with Crippen LogP contribution in [0.25, 0.3) is 11.5 Å². The zero-order valence-electron chi connectivity index (χ0n) is 17.1. The summed E-state index contributed by atoms with van der Waals surface area (Å²) in [4.78, 5) is 12.0. The van der Waals surface area contributed by atoms with Crippen LogP contribution < -0.4 is 5.32 Å². The molecule has 0 aliphatic carbocycles. The van der Waals surface area contributed by atoms with Gasteiger partial charge in [0.1, 0.15) is 0 Å². The highest BCUT2D eigenvalue weighted by atomic mass is 32.2. The van der Waals surface area contributed by atoms with E-state index in [0.29, 0.717) is 17.7 Å². The third-order valence-corrected chi connectivity index (χ3v) is 5.36. The number of rotatable bonds is 8. The van der Waals surface area contributed by atoms with Crippen molar-refractivity contribution in [3.8, 4) is 11.5 Å². The predicted octanol–water partition coefficient (Wildman–Crippen LogP) is 4.88. The Hall–Kier alpha value is -2.60. The summed E-state index contributed by atoms with van der Waals surface area (Å²) in [6.07, 6.45) is 1.87.